The molecule has 0 N–H and O–H groups in total. The summed E-state index contributed by atoms with van der Waals surface area (Å²) in [5.41, 5.74) is 0. The van der Waals surface area contributed by atoms with E-state index in [2.05, 4.69) is 4.18 Å². The molecule has 0 spiro atoms. The molecule has 5 heteroatoms. The summed E-state index contributed by atoms with van der Waals surface area (Å²) in [6, 6.07) is 0. The monoisotopic (exact) mass is 176 g/mol. The summed E-state index contributed by atoms with van der Waals surface area (Å²) < 4.78 is 30.4. The van der Waals surface area contributed by atoms with Crippen LogP contribution in [-0.2, 0) is 19.0 Å². The standard InChI is InChI=1S/C6H8O4S/c1-11(7,8)10-6-3-2-4-9-5-6/h2-4H,5H2,1H3. The van der Waals surface area contributed by atoms with Gasteiger partial charge < -0.3 is 8.92 Å². The molecule has 0 aromatic rings. The first-order chi connectivity index (χ1) is 5.08. The van der Waals surface area contributed by atoms with E-state index >= 15 is 0 Å². The van der Waals surface area contributed by atoms with E-state index in [0.717, 1.165) is 6.26 Å². The third kappa shape index (κ3) is 3.08. The minimum Gasteiger partial charge on any atom is -0.493 e. The molecule has 0 aliphatic carbocycles. The molecular formula is C6H8O4S. The van der Waals surface area contributed by atoms with Crippen LogP contribution >= 0.6 is 0 Å². The van der Waals surface area contributed by atoms with Crippen LogP contribution in [0, 0.1) is 0 Å². The van der Waals surface area contributed by atoms with Gasteiger partial charge in [0, 0.05) is 0 Å². The van der Waals surface area contributed by atoms with E-state index in [1.807, 2.05) is 0 Å². The molecule has 1 aliphatic heterocycles. The molecule has 0 fully saturated rings. The molecule has 0 amide bonds. The van der Waals surface area contributed by atoms with Crippen molar-refractivity contribution in [3.63, 3.8) is 0 Å². The van der Waals surface area contributed by atoms with E-state index in [1.54, 1.807) is 12.2 Å². The molecule has 0 atom stereocenters. The van der Waals surface area contributed by atoms with Crippen LogP contribution in [0.3, 0.4) is 0 Å². The van der Waals surface area contributed by atoms with Crippen LogP contribution in [0.25, 0.3) is 0 Å². The van der Waals surface area contributed by atoms with Gasteiger partial charge in [0.2, 0.25) is 0 Å². The first-order valence-electron chi connectivity index (χ1n) is 2.95. The van der Waals surface area contributed by atoms with Crippen molar-refractivity contribution in [2.75, 3.05) is 12.9 Å². The van der Waals surface area contributed by atoms with Crippen LogP contribution in [-0.4, -0.2) is 21.3 Å². The van der Waals surface area contributed by atoms with E-state index in [1.165, 1.54) is 6.26 Å². The maximum Gasteiger partial charge on any atom is 0.306 e. The fourth-order valence-electron chi connectivity index (χ4n) is 0.627. The zero-order valence-corrected chi connectivity index (χ0v) is 6.80. The first kappa shape index (κ1) is 8.13. The molecule has 11 heavy (non-hydrogen) atoms. The van der Waals surface area contributed by atoms with Gasteiger partial charge in [-0.2, -0.15) is 8.42 Å². The lowest BCUT2D eigenvalue weighted by molar-refractivity contribution is 0.227. The molecule has 0 unspecified atom stereocenters. The summed E-state index contributed by atoms with van der Waals surface area (Å²) in [5.74, 6) is 0.301. The minimum atomic E-state index is -3.41. The molecular weight excluding hydrogens is 168 g/mol. The average molecular weight is 176 g/mol. The molecule has 4 nitrogen and oxygen atoms in total. The summed E-state index contributed by atoms with van der Waals surface area (Å²) in [5, 5.41) is 0. The van der Waals surface area contributed by atoms with Crippen molar-refractivity contribution in [1.82, 2.24) is 0 Å². The Morgan fingerprint density at radius 1 is 1.64 bits per heavy atom. The Balaban J connectivity index is 2.63. The largest absolute Gasteiger partial charge is 0.493 e. The molecule has 1 aliphatic rings. The van der Waals surface area contributed by atoms with Gasteiger partial charge in [-0.15, -0.1) is 0 Å². The highest BCUT2D eigenvalue weighted by molar-refractivity contribution is 7.86. The number of ether oxygens (including phenoxy) is 1. The molecule has 1 heterocycles. The SMILES string of the molecule is CS(=O)(=O)OC1=CC=COC1. The summed E-state index contributed by atoms with van der Waals surface area (Å²) >= 11 is 0. The van der Waals surface area contributed by atoms with Gasteiger partial charge in [0.25, 0.3) is 0 Å². The quantitative estimate of drug-likeness (QED) is 0.571. The summed E-state index contributed by atoms with van der Waals surface area (Å²) in [7, 11) is -3.41. The maximum absolute atomic E-state index is 10.6. The Kier molecular flexibility index (Phi) is 2.19. The Bertz CT molecular complexity index is 286. The average Bonchev–Trinajstić information content (AvgIpc) is 1.85. The highest BCUT2D eigenvalue weighted by Crippen LogP contribution is 2.07. The number of hydrogen-bond acceptors (Lipinski definition) is 4. The molecule has 62 valence electrons. The highest BCUT2D eigenvalue weighted by Gasteiger charge is 2.08. The molecule has 0 bridgehead atoms. The zero-order chi connectivity index (χ0) is 8.32. The van der Waals surface area contributed by atoms with Gasteiger partial charge in [-0.3, -0.25) is 0 Å². The summed E-state index contributed by atoms with van der Waals surface area (Å²) in [6.45, 7) is 0.170. The number of rotatable bonds is 2. The second kappa shape index (κ2) is 2.96. The highest BCUT2D eigenvalue weighted by atomic mass is 32.2. The van der Waals surface area contributed by atoms with Crippen molar-refractivity contribution < 1.29 is 17.3 Å². The van der Waals surface area contributed by atoms with Crippen molar-refractivity contribution in [2.45, 2.75) is 0 Å². The van der Waals surface area contributed by atoms with Crippen molar-refractivity contribution >= 4 is 10.1 Å². The fourth-order valence-corrected chi connectivity index (χ4v) is 1.12. The third-order valence-electron chi connectivity index (χ3n) is 0.941. The minimum absolute atomic E-state index is 0.170. The van der Waals surface area contributed by atoms with Gasteiger partial charge >= 0.3 is 10.1 Å². The molecule has 0 saturated carbocycles. The van der Waals surface area contributed by atoms with E-state index in [9.17, 15) is 8.42 Å². The number of hydrogen-bond donors (Lipinski definition) is 0. The first-order valence-corrected chi connectivity index (χ1v) is 4.76. The Labute approximate surface area is 65.2 Å². The lowest BCUT2D eigenvalue weighted by atomic mass is 10.4. The van der Waals surface area contributed by atoms with Gasteiger partial charge in [0.05, 0.1) is 12.5 Å². The van der Waals surface area contributed by atoms with Gasteiger partial charge in [-0.05, 0) is 12.2 Å². The van der Waals surface area contributed by atoms with E-state index < -0.39 is 10.1 Å². The predicted octanol–water partition coefficient (Wildman–Crippen LogP) is 0.390. The van der Waals surface area contributed by atoms with E-state index in [0.29, 0.717) is 5.76 Å². The Hall–Kier alpha value is -0.970. The smallest absolute Gasteiger partial charge is 0.306 e. The van der Waals surface area contributed by atoms with Crippen LogP contribution in [0.15, 0.2) is 24.2 Å². The Morgan fingerprint density at radius 2 is 2.36 bits per heavy atom. The van der Waals surface area contributed by atoms with Crippen molar-refractivity contribution in [1.29, 1.82) is 0 Å². The van der Waals surface area contributed by atoms with E-state index in [4.69, 9.17) is 4.74 Å². The molecule has 0 aromatic carbocycles. The van der Waals surface area contributed by atoms with Gasteiger partial charge in [-0.1, -0.05) is 0 Å². The lowest BCUT2D eigenvalue weighted by Gasteiger charge is -2.09. The molecule has 0 radical (unpaired) electrons. The molecule has 1 rings (SSSR count). The van der Waals surface area contributed by atoms with Crippen LogP contribution < -0.4 is 0 Å². The van der Waals surface area contributed by atoms with Crippen molar-refractivity contribution in [3.8, 4) is 0 Å². The van der Waals surface area contributed by atoms with Crippen LogP contribution in [0.5, 0.6) is 0 Å². The normalized spacial score (nSPS) is 17.0. The number of allylic oxidation sites excluding steroid dienone is 2. The fraction of sp³-hybridized carbons (Fsp3) is 0.333. The second-order valence-electron chi connectivity index (χ2n) is 2.06. The summed E-state index contributed by atoms with van der Waals surface area (Å²) in [4.78, 5) is 0. The van der Waals surface area contributed by atoms with E-state index in [-0.39, 0.29) is 6.61 Å². The maximum atomic E-state index is 10.6. The zero-order valence-electron chi connectivity index (χ0n) is 5.98. The van der Waals surface area contributed by atoms with Crippen LogP contribution in [0.1, 0.15) is 0 Å². The predicted molar refractivity (Wildman–Crippen MR) is 39.1 cm³/mol. The van der Waals surface area contributed by atoms with Crippen LogP contribution in [0.2, 0.25) is 0 Å². The van der Waals surface area contributed by atoms with Gasteiger partial charge in [0.1, 0.15) is 6.61 Å². The van der Waals surface area contributed by atoms with Crippen molar-refractivity contribution in [3.05, 3.63) is 24.2 Å². The van der Waals surface area contributed by atoms with Gasteiger partial charge in [-0.25, -0.2) is 0 Å². The summed E-state index contributed by atoms with van der Waals surface area (Å²) in [6.07, 6.45) is 5.58. The molecule has 0 saturated heterocycles. The van der Waals surface area contributed by atoms with Gasteiger partial charge in [0.15, 0.2) is 5.76 Å². The topological polar surface area (TPSA) is 52.6 Å². The van der Waals surface area contributed by atoms with Crippen molar-refractivity contribution in [2.24, 2.45) is 0 Å². The third-order valence-corrected chi connectivity index (χ3v) is 1.46. The second-order valence-corrected chi connectivity index (χ2v) is 3.63. The van der Waals surface area contributed by atoms with Crippen LogP contribution in [0.4, 0.5) is 0 Å². The lowest BCUT2D eigenvalue weighted by Crippen LogP contribution is -2.07. The molecule has 0 aromatic heterocycles. The Morgan fingerprint density at radius 3 is 2.82 bits per heavy atom.